The van der Waals surface area contributed by atoms with E-state index in [9.17, 15) is 4.79 Å². The van der Waals surface area contributed by atoms with Crippen molar-refractivity contribution < 1.29 is 9.53 Å². The second-order valence-corrected chi connectivity index (χ2v) is 7.45. The molecule has 1 saturated carbocycles. The minimum Gasteiger partial charge on any atom is -0.381 e. The van der Waals surface area contributed by atoms with E-state index in [1.54, 1.807) is 23.1 Å². The van der Waals surface area contributed by atoms with Gasteiger partial charge in [-0.3, -0.25) is 9.48 Å². The smallest absolute Gasteiger partial charge is 0.246 e. The zero-order valence-corrected chi connectivity index (χ0v) is 20.4. The molecule has 31 heavy (non-hydrogen) atoms. The van der Waals surface area contributed by atoms with Crippen LogP contribution in [0.2, 0.25) is 0 Å². The predicted octanol–water partition coefficient (Wildman–Crippen LogP) is 3.01. The van der Waals surface area contributed by atoms with Crippen LogP contribution in [0.1, 0.15) is 31.7 Å². The van der Waals surface area contributed by atoms with Gasteiger partial charge in [-0.25, -0.2) is 4.99 Å². The summed E-state index contributed by atoms with van der Waals surface area (Å²) in [6.45, 7) is 6.07. The molecular weight excluding hydrogens is 507 g/mol. The van der Waals surface area contributed by atoms with Crippen LogP contribution in [0.4, 0.5) is 5.69 Å². The van der Waals surface area contributed by atoms with E-state index < -0.39 is 0 Å². The highest BCUT2D eigenvalue weighted by Crippen LogP contribution is 2.28. The maximum atomic E-state index is 12.1. The monoisotopic (exact) mass is 540 g/mol. The zero-order chi connectivity index (χ0) is 21.0. The number of halogens is 1. The van der Waals surface area contributed by atoms with Crippen molar-refractivity contribution in [2.45, 2.75) is 39.3 Å². The lowest BCUT2D eigenvalue weighted by molar-refractivity contribution is -0.116. The quantitative estimate of drug-likeness (QED) is 0.167. The maximum Gasteiger partial charge on any atom is 0.246 e. The summed E-state index contributed by atoms with van der Waals surface area (Å²) in [4.78, 5) is 16.8. The van der Waals surface area contributed by atoms with E-state index in [-0.39, 0.29) is 36.4 Å². The highest BCUT2D eigenvalue weighted by atomic mass is 127. The molecule has 3 rings (SSSR count). The molecule has 8 nitrogen and oxygen atoms in total. The standard InChI is InChI=1S/C22H32N6O2.HI/c1-2-23-22(24-10-5-13-30-17-18-8-9-18)25-15-19-6-3-7-20(14-19)27-21(29)16-28-12-4-11-26-28;/h3-4,6-7,11-12,14,18H,2,5,8-10,13,15-17H2,1H3,(H,27,29)(H2,23,24,25);1H. The Bertz CT molecular complexity index is 808. The van der Waals surface area contributed by atoms with E-state index in [1.807, 2.05) is 31.2 Å². The normalized spacial score (nSPS) is 13.4. The number of benzene rings is 1. The molecule has 9 heteroatoms. The van der Waals surface area contributed by atoms with Gasteiger partial charge in [0, 0.05) is 44.4 Å². The van der Waals surface area contributed by atoms with Crippen molar-refractivity contribution in [2.75, 3.05) is 31.6 Å². The van der Waals surface area contributed by atoms with Gasteiger partial charge in [-0.2, -0.15) is 5.10 Å². The summed E-state index contributed by atoms with van der Waals surface area (Å²) in [5, 5.41) is 13.6. The Kier molecular flexibility index (Phi) is 11.4. The molecule has 1 aromatic carbocycles. The second kappa shape index (κ2) is 14.0. The molecule has 0 radical (unpaired) electrons. The Morgan fingerprint density at radius 3 is 2.90 bits per heavy atom. The number of carbonyl (C=O) groups is 1. The average molecular weight is 540 g/mol. The number of anilines is 1. The van der Waals surface area contributed by atoms with Crippen molar-refractivity contribution in [1.82, 2.24) is 20.4 Å². The summed E-state index contributed by atoms with van der Waals surface area (Å²) in [6.07, 6.45) is 7.02. The first kappa shape index (κ1) is 25.1. The van der Waals surface area contributed by atoms with Crippen LogP contribution in [-0.4, -0.2) is 48.0 Å². The Balaban J connectivity index is 0.00000341. The molecule has 0 atom stereocenters. The van der Waals surface area contributed by atoms with Gasteiger partial charge >= 0.3 is 0 Å². The van der Waals surface area contributed by atoms with Crippen LogP contribution >= 0.6 is 24.0 Å². The molecule has 3 N–H and O–H groups in total. The lowest BCUT2D eigenvalue weighted by atomic mass is 10.2. The van der Waals surface area contributed by atoms with E-state index in [4.69, 9.17) is 4.74 Å². The fourth-order valence-electron chi connectivity index (χ4n) is 2.92. The number of guanidine groups is 1. The van der Waals surface area contributed by atoms with Gasteiger partial charge in [-0.15, -0.1) is 24.0 Å². The van der Waals surface area contributed by atoms with Crippen molar-refractivity contribution in [3.05, 3.63) is 48.3 Å². The van der Waals surface area contributed by atoms with Gasteiger partial charge in [-0.05, 0) is 55.9 Å². The Labute approximate surface area is 201 Å². The van der Waals surface area contributed by atoms with E-state index >= 15 is 0 Å². The number of aromatic nitrogens is 2. The van der Waals surface area contributed by atoms with Crippen LogP contribution in [0.3, 0.4) is 0 Å². The molecule has 0 aliphatic heterocycles. The highest BCUT2D eigenvalue weighted by Gasteiger charge is 2.20. The van der Waals surface area contributed by atoms with Gasteiger partial charge in [-0.1, -0.05) is 12.1 Å². The summed E-state index contributed by atoms with van der Waals surface area (Å²) < 4.78 is 7.26. The van der Waals surface area contributed by atoms with Crippen molar-refractivity contribution >= 4 is 41.5 Å². The number of ether oxygens (including phenoxy) is 1. The number of amides is 1. The van der Waals surface area contributed by atoms with Gasteiger partial charge in [0.15, 0.2) is 5.96 Å². The first-order valence-corrected chi connectivity index (χ1v) is 10.7. The third kappa shape index (κ3) is 10.1. The fourth-order valence-corrected chi connectivity index (χ4v) is 2.92. The number of nitrogens with one attached hydrogen (secondary N) is 3. The van der Waals surface area contributed by atoms with Crippen LogP contribution in [0.15, 0.2) is 47.7 Å². The Hall–Kier alpha value is -2.14. The minimum atomic E-state index is -0.113. The second-order valence-electron chi connectivity index (χ2n) is 7.45. The van der Waals surface area contributed by atoms with Crippen molar-refractivity contribution in [1.29, 1.82) is 0 Å². The van der Waals surface area contributed by atoms with Gasteiger partial charge in [0.2, 0.25) is 5.91 Å². The summed E-state index contributed by atoms with van der Waals surface area (Å²) in [5.74, 6) is 1.48. The topological polar surface area (TPSA) is 92.6 Å². The number of hydrogen-bond donors (Lipinski definition) is 3. The third-order valence-corrected chi connectivity index (χ3v) is 4.65. The molecule has 0 bridgehead atoms. The predicted molar refractivity (Wildman–Crippen MR) is 134 cm³/mol. The molecule has 1 heterocycles. The van der Waals surface area contributed by atoms with E-state index in [0.29, 0.717) is 6.54 Å². The third-order valence-electron chi connectivity index (χ3n) is 4.65. The molecule has 170 valence electrons. The molecule has 0 unspecified atom stereocenters. The fraction of sp³-hybridized carbons (Fsp3) is 0.500. The summed E-state index contributed by atoms with van der Waals surface area (Å²) in [5.41, 5.74) is 1.78. The SMILES string of the molecule is CCNC(=NCc1cccc(NC(=O)Cn2cccn2)c1)NCCCOCC1CC1.I. The average Bonchev–Trinajstić information content (AvgIpc) is 3.43. The Morgan fingerprint density at radius 1 is 1.29 bits per heavy atom. The van der Waals surface area contributed by atoms with Crippen LogP contribution in [-0.2, 0) is 22.6 Å². The summed E-state index contributed by atoms with van der Waals surface area (Å²) in [6, 6.07) is 9.54. The molecule has 1 fully saturated rings. The number of hydrogen-bond acceptors (Lipinski definition) is 4. The summed E-state index contributed by atoms with van der Waals surface area (Å²) in [7, 11) is 0. The molecular formula is C22H33IN6O2. The molecule has 0 spiro atoms. The highest BCUT2D eigenvalue weighted by molar-refractivity contribution is 14.0. The first-order valence-electron chi connectivity index (χ1n) is 10.7. The molecule has 0 saturated heterocycles. The molecule has 1 aliphatic carbocycles. The minimum absolute atomic E-state index is 0. The Morgan fingerprint density at radius 2 is 2.16 bits per heavy atom. The number of rotatable bonds is 12. The molecule has 1 aliphatic rings. The zero-order valence-electron chi connectivity index (χ0n) is 18.0. The van der Waals surface area contributed by atoms with E-state index in [2.05, 4.69) is 26.0 Å². The largest absolute Gasteiger partial charge is 0.381 e. The first-order chi connectivity index (χ1) is 14.7. The van der Waals surface area contributed by atoms with Gasteiger partial charge in [0.05, 0.1) is 6.54 Å². The number of carbonyl (C=O) groups excluding carboxylic acids is 1. The van der Waals surface area contributed by atoms with Crippen molar-refractivity contribution in [2.24, 2.45) is 10.9 Å². The number of nitrogens with zero attached hydrogens (tertiary/aromatic N) is 3. The molecule has 2 aromatic rings. The van der Waals surface area contributed by atoms with Crippen LogP contribution < -0.4 is 16.0 Å². The summed E-state index contributed by atoms with van der Waals surface area (Å²) >= 11 is 0. The lowest BCUT2D eigenvalue weighted by Crippen LogP contribution is -2.38. The van der Waals surface area contributed by atoms with Gasteiger partial charge in [0.25, 0.3) is 0 Å². The number of aliphatic imine (C=N–C) groups is 1. The maximum absolute atomic E-state index is 12.1. The van der Waals surface area contributed by atoms with Gasteiger partial charge < -0.3 is 20.7 Å². The van der Waals surface area contributed by atoms with Crippen molar-refractivity contribution in [3.63, 3.8) is 0 Å². The molecule has 1 amide bonds. The van der Waals surface area contributed by atoms with Crippen LogP contribution in [0.5, 0.6) is 0 Å². The van der Waals surface area contributed by atoms with Crippen LogP contribution in [0.25, 0.3) is 0 Å². The van der Waals surface area contributed by atoms with Crippen molar-refractivity contribution in [3.8, 4) is 0 Å². The molecule has 1 aromatic heterocycles. The van der Waals surface area contributed by atoms with E-state index in [1.165, 1.54) is 12.8 Å². The van der Waals surface area contributed by atoms with Crippen LogP contribution in [0, 0.1) is 5.92 Å². The van der Waals surface area contributed by atoms with Gasteiger partial charge in [0.1, 0.15) is 6.54 Å². The lowest BCUT2D eigenvalue weighted by Gasteiger charge is -2.12. The van der Waals surface area contributed by atoms with E-state index in [0.717, 1.165) is 55.9 Å².